The fourth-order valence-corrected chi connectivity index (χ4v) is 5.85. The van der Waals surface area contributed by atoms with E-state index in [1.165, 1.54) is 24.0 Å². The molecule has 3 aliphatic rings. The van der Waals surface area contributed by atoms with Gasteiger partial charge < -0.3 is 20.1 Å². The highest BCUT2D eigenvalue weighted by Gasteiger charge is 2.39. The molecule has 2 fully saturated rings. The van der Waals surface area contributed by atoms with Gasteiger partial charge in [-0.15, -0.1) is 0 Å². The largest absolute Gasteiger partial charge is 0.481 e. The summed E-state index contributed by atoms with van der Waals surface area (Å²) in [6, 6.07) is 16.4. The number of amides is 2. The molecule has 0 radical (unpaired) electrons. The molecule has 1 unspecified atom stereocenters. The van der Waals surface area contributed by atoms with Crippen LogP contribution in [0, 0.1) is 17.8 Å². The molecule has 2 amide bonds. The fraction of sp³-hybridized carbons (Fsp3) is 0.464. The Labute approximate surface area is 205 Å². The van der Waals surface area contributed by atoms with E-state index >= 15 is 0 Å². The fourth-order valence-electron chi connectivity index (χ4n) is 5.85. The Balaban J connectivity index is 1.18. The van der Waals surface area contributed by atoms with Gasteiger partial charge in [0.2, 0.25) is 5.91 Å². The van der Waals surface area contributed by atoms with Crippen LogP contribution < -0.4 is 5.32 Å². The first-order valence-electron chi connectivity index (χ1n) is 12.6. The summed E-state index contributed by atoms with van der Waals surface area (Å²) in [4.78, 5) is 38.5. The molecule has 1 aliphatic heterocycles. The van der Waals surface area contributed by atoms with Crippen LogP contribution in [0.5, 0.6) is 0 Å². The molecule has 35 heavy (non-hydrogen) atoms. The van der Waals surface area contributed by atoms with Gasteiger partial charge in [0.05, 0.1) is 11.8 Å². The summed E-state index contributed by atoms with van der Waals surface area (Å²) in [6.07, 6.45) is 4.75. The minimum Gasteiger partial charge on any atom is -0.481 e. The smallest absolute Gasteiger partial charge is 0.407 e. The van der Waals surface area contributed by atoms with E-state index in [1.807, 2.05) is 24.3 Å². The van der Waals surface area contributed by atoms with E-state index in [-0.39, 0.29) is 44.0 Å². The summed E-state index contributed by atoms with van der Waals surface area (Å²) in [5.74, 6) is -1.30. The molecule has 1 atom stereocenters. The van der Waals surface area contributed by atoms with Crippen LogP contribution in [-0.2, 0) is 14.3 Å². The highest BCUT2D eigenvalue weighted by atomic mass is 16.5. The molecule has 0 aromatic heterocycles. The van der Waals surface area contributed by atoms with Gasteiger partial charge in [0.25, 0.3) is 0 Å². The molecule has 1 saturated heterocycles. The molecule has 2 aromatic rings. The molecule has 5 rings (SSSR count). The van der Waals surface area contributed by atoms with Crippen molar-refractivity contribution in [3.63, 3.8) is 0 Å². The number of ether oxygens (including phenoxy) is 1. The highest BCUT2D eigenvalue weighted by molar-refractivity contribution is 5.83. The third-order valence-electron chi connectivity index (χ3n) is 7.82. The topological polar surface area (TPSA) is 95.9 Å². The van der Waals surface area contributed by atoms with Crippen molar-refractivity contribution in [1.82, 2.24) is 10.2 Å². The molecule has 7 heteroatoms. The number of carboxylic acid groups (broad SMARTS) is 1. The number of benzene rings is 2. The van der Waals surface area contributed by atoms with Crippen molar-refractivity contribution in [2.45, 2.75) is 38.0 Å². The molecule has 2 aromatic carbocycles. The van der Waals surface area contributed by atoms with E-state index in [0.29, 0.717) is 5.92 Å². The summed E-state index contributed by atoms with van der Waals surface area (Å²) >= 11 is 0. The Kier molecular flexibility index (Phi) is 6.75. The second-order valence-electron chi connectivity index (χ2n) is 10.1. The molecular weight excluding hydrogens is 444 g/mol. The zero-order valence-electron chi connectivity index (χ0n) is 19.8. The lowest BCUT2D eigenvalue weighted by molar-refractivity contribution is -0.154. The van der Waals surface area contributed by atoms with Crippen molar-refractivity contribution >= 4 is 18.0 Å². The van der Waals surface area contributed by atoms with Gasteiger partial charge in [0, 0.05) is 25.6 Å². The Morgan fingerprint density at radius 3 is 2.17 bits per heavy atom. The minimum atomic E-state index is -0.863. The number of rotatable bonds is 8. The molecule has 1 saturated carbocycles. The normalized spacial score (nSPS) is 18.5. The number of alkyl carbamates (subject to hydrolysis) is 1. The molecule has 7 nitrogen and oxygen atoms in total. The van der Waals surface area contributed by atoms with E-state index in [2.05, 4.69) is 29.6 Å². The maximum atomic E-state index is 13.1. The molecule has 184 valence electrons. The van der Waals surface area contributed by atoms with Crippen LogP contribution in [0.2, 0.25) is 0 Å². The zero-order valence-corrected chi connectivity index (χ0v) is 19.8. The summed E-state index contributed by atoms with van der Waals surface area (Å²) in [5.41, 5.74) is 4.66. The first-order valence-corrected chi connectivity index (χ1v) is 12.6. The van der Waals surface area contributed by atoms with Crippen molar-refractivity contribution in [3.8, 4) is 11.1 Å². The summed E-state index contributed by atoms with van der Waals surface area (Å²) < 4.78 is 5.64. The number of carboxylic acids is 1. The second kappa shape index (κ2) is 10.1. The molecule has 0 bridgehead atoms. The highest BCUT2D eigenvalue weighted by Crippen LogP contribution is 2.44. The summed E-state index contributed by atoms with van der Waals surface area (Å²) in [7, 11) is 0. The van der Waals surface area contributed by atoms with Crippen molar-refractivity contribution in [3.05, 3.63) is 59.7 Å². The zero-order chi connectivity index (χ0) is 24.4. The predicted molar refractivity (Wildman–Crippen MR) is 131 cm³/mol. The summed E-state index contributed by atoms with van der Waals surface area (Å²) in [5, 5.41) is 12.0. The third kappa shape index (κ3) is 4.90. The monoisotopic (exact) mass is 476 g/mol. The number of carbonyl (C=O) groups excluding carboxylic acids is 2. The first kappa shape index (κ1) is 23.4. The van der Waals surface area contributed by atoms with Crippen molar-refractivity contribution in [1.29, 1.82) is 0 Å². The quantitative estimate of drug-likeness (QED) is 0.593. The average molecular weight is 477 g/mol. The number of hydrogen-bond acceptors (Lipinski definition) is 4. The lowest BCUT2D eigenvalue weighted by atomic mass is 9.90. The van der Waals surface area contributed by atoms with Gasteiger partial charge in [-0.3, -0.25) is 9.59 Å². The van der Waals surface area contributed by atoms with Crippen LogP contribution in [0.1, 0.15) is 49.1 Å². The predicted octanol–water partition coefficient (Wildman–Crippen LogP) is 4.26. The molecule has 2 N–H and O–H groups in total. The van der Waals surface area contributed by atoms with E-state index in [1.54, 1.807) is 4.90 Å². The molecule has 2 aliphatic carbocycles. The van der Waals surface area contributed by atoms with E-state index in [4.69, 9.17) is 9.84 Å². The third-order valence-corrected chi connectivity index (χ3v) is 7.82. The SMILES string of the molecule is O=C(NCC(CC1CCCC1)C(=O)N1CC(C(=O)O)C1)OCC1c2ccccc2-c2ccccc21. The van der Waals surface area contributed by atoms with Gasteiger partial charge in [-0.1, -0.05) is 74.2 Å². The lowest BCUT2D eigenvalue weighted by Crippen LogP contribution is -2.56. The van der Waals surface area contributed by atoms with E-state index in [0.717, 1.165) is 30.4 Å². The molecule has 1 heterocycles. The van der Waals surface area contributed by atoms with Crippen molar-refractivity contribution in [2.75, 3.05) is 26.2 Å². The van der Waals surface area contributed by atoms with Crippen LogP contribution in [-0.4, -0.2) is 54.2 Å². The van der Waals surface area contributed by atoms with E-state index in [9.17, 15) is 14.4 Å². The van der Waals surface area contributed by atoms with E-state index < -0.39 is 18.0 Å². The second-order valence-corrected chi connectivity index (χ2v) is 10.1. The maximum Gasteiger partial charge on any atom is 0.407 e. The van der Waals surface area contributed by atoms with Crippen molar-refractivity contribution in [2.24, 2.45) is 17.8 Å². The van der Waals surface area contributed by atoms with Gasteiger partial charge in [-0.2, -0.15) is 0 Å². The van der Waals surface area contributed by atoms with Crippen molar-refractivity contribution < 1.29 is 24.2 Å². The van der Waals surface area contributed by atoms with Crippen LogP contribution in [0.4, 0.5) is 4.79 Å². The van der Waals surface area contributed by atoms with Gasteiger partial charge >= 0.3 is 12.1 Å². The number of carbonyl (C=O) groups is 3. The number of aliphatic carboxylic acids is 1. The van der Waals surface area contributed by atoms with Gasteiger partial charge in [0.15, 0.2) is 0 Å². The Morgan fingerprint density at radius 2 is 1.57 bits per heavy atom. The molecular formula is C28H32N2O5. The number of hydrogen-bond donors (Lipinski definition) is 2. The average Bonchev–Trinajstić information content (AvgIpc) is 3.45. The Bertz CT molecular complexity index is 1060. The Hall–Kier alpha value is -3.35. The minimum absolute atomic E-state index is 0.0156. The number of nitrogens with one attached hydrogen (secondary N) is 1. The molecule has 0 spiro atoms. The first-order chi connectivity index (χ1) is 17.0. The lowest BCUT2D eigenvalue weighted by Gasteiger charge is -2.39. The number of likely N-dealkylation sites (tertiary alicyclic amines) is 1. The van der Waals surface area contributed by atoms with Crippen LogP contribution in [0.3, 0.4) is 0 Å². The van der Waals surface area contributed by atoms with Gasteiger partial charge in [-0.25, -0.2) is 4.79 Å². The van der Waals surface area contributed by atoms with Crippen LogP contribution >= 0.6 is 0 Å². The number of fused-ring (bicyclic) bond motifs is 3. The van der Waals surface area contributed by atoms with Crippen LogP contribution in [0.15, 0.2) is 48.5 Å². The Morgan fingerprint density at radius 1 is 0.971 bits per heavy atom. The number of nitrogens with zero attached hydrogens (tertiary/aromatic N) is 1. The van der Waals surface area contributed by atoms with Crippen LogP contribution in [0.25, 0.3) is 11.1 Å². The van der Waals surface area contributed by atoms with Gasteiger partial charge in [0.1, 0.15) is 6.61 Å². The standard InChI is InChI=1S/C28H32N2O5/c31-26(30-15-20(16-30)27(32)33)19(13-18-7-1-2-8-18)14-29-28(34)35-17-25-23-11-5-3-9-21(23)22-10-4-6-12-24(22)25/h3-6,9-12,18-20,25H,1-2,7-8,13-17H2,(H,29,34)(H,32,33). The summed E-state index contributed by atoms with van der Waals surface area (Å²) in [6.45, 7) is 0.939. The maximum absolute atomic E-state index is 13.1. The van der Waals surface area contributed by atoms with Gasteiger partial charge in [-0.05, 0) is 34.6 Å².